The molecule has 0 radical (unpaired) electrons. The number of ether oxygens (including phenoxy) is 1. The average molecular weight is 380 g/mol. The van der Waals surface area contributed by atoms with E-state index in [1.165, 1.54) is 0 Å². The van der Waals surface area contributed by atoms with Crippen molar-refractivity contribution in [3.8, 4) is 18.1 Å². The molecule has 2 aromatic rings. The van der Waals surface area contributed by atoms with Gasteiger partial charge in [0.05, 0.1) is 5.56 Å². The van der Waals surface area contributed by atoms with E-state index in [1.807, 2.05) is 0 Å². The highest BCUT2D eigenvalue weighted by molar-refractivity contribution is 5.89. The van der Waals surface area contributed by atoms with Gasteiger partial charge >= 0.3 is 12.0 Å². The largest absolute Gasteiger partial charge is 0.481 e. The number of carboxylic acids is 1. The molecule has 0 spiro atoms. The van der Waals surface area contributed by atoms with Crippen LogP contribution in [0.2, 0.25) is 0 Å². The van der Waals surface area contributed by atoms with Crippen molar-refractivity contribution >= 4 is 17.7 Å². The SMILES string of the molecule is C#CCOc1ccc(NC(=O)N(CCCC)Cc2ccc(C(=O)O)cc2)cc1. The van der Waals surface area contributed by atoms with Crippen LogP contribution in [-0.2, 0) is 6.54 Å². The summed E-state index contributed by atoms with van der Waals surface area (Å²) < 4.78 is 5.32. The minimum absolute atomic E-state index is 0.192. The van der Waals surface area contributed by atoms with Gasteiger partial charge in [0.25, 0.3) is 0 Å². The molecule has 6 nitrogen and oxygen atoms in total. The van der Waals surface area contributed by atoms with Crippen LogP contribution in [0.4, 0.5) is 10.5 Å². The summed E-state index contributed by atoms with van der Waals surface area (Å²) in [6.45, 7) is 3.26. The number of hydrogen-bond donors (Lipinski definition) is 2. The topological polar surface area (TPSA) is 78.9 Å². The molecule has 28 heavy (non-hydrogen) atoms. The Kier molecular flexibility index (Phi) is 7.92. The molecule has 2 amide bonds. The Morgan fingerprint density at radius 2 is 1.82 bits per heavy atom. The second-order valence-corrected chi connectivity index (χ2v) is 6.22. The summed E-state index contributed by atoms with van der Waals surface area (Å²) in [5.74, 6) is 2.06. The van der Waals surface area contributed by atoms with E-state index in [1.54, 1.807) is 53.4 Å². The normalized spacial score (nSPS) is 10.0. The molecule has 0 unspecified atom stereocenters. The number of amides is 2. The number of carbonyl (C=O) groups is 2. The van der Waals surface area contributed by atoms with Crippen LogP contribution in [0.5, 0.6) is 5.75 Å². The van der Waals surface area contributed by atoms with Crippen LogP contribution in [0.15, 0.2) is 48.5 Å². The number of unbranched alkanes of at least 4 members (excludes halogenated alkanes) is 1. The third-order valence-corrected chi connectivity index (χ3v) is 4.07. The first-order valence-corrected chi connectivity index (χ1v) is 9.08. The van der Waals surface area contributed by atoms with Crippen LogP contribution in [0, 0.1) is 12.3 Å². The van der Waals surface area contributed by atoms with E-state index in [4.69, 9.17) is 16.3 Å². The Labute approximate surface area is 165 Å². The molecule has 0 aromatic heterocycles. The van der Waals surface area contributed by atoms with Gasteiger partial charge in [0, 0.05) is 18.8 Å². The van der Waals surface area contributed by atoms with Gasteiger partial charge in [-0.25, -0.2) is 9.59 Å². The lowest BCUT2D eigenvalue weighted by atomic mass is 10.1. The lowest BCUT2D eigenvalue weighted by Crippen LogP contribution is -2.35. The first-order valence-electron chi connectivity index (χ1n) is 9.08. The number of carbonyl (C=O) groups excluding carboxylic acids is 1. The quantitative estimate of drug-likeness (QED) is 0.638. The summed E-state index contributed by atoms with van der Waals surface area (Å²) in [4.78, 5) is 25.4. The smallest absolute Gasteiger partial charge is 0.335 e. The van der Waals surface area contributed by atoms with Gasteiger partial charge in [0.15, 0.2) is 0 Å². The number of terminal acetylenes is 1. The maximum atomic E-state index is 12.7. The zero-order valence-corrected chi connectivity index (χ0v) is 15.9. The first-order chi connectivity index (χ1) is 13.5. The van der Waals surface area contributed by atoms with E-state index in [-0.39, 0.29) is 18.2 Å². The molecule has 0 bridgehead atoms. The highest BCUT2D eigenvalue weighted by Gasteiger charge is 2.14. The Bertz CT molecular complexity index is 823. The second kappa shape index (κ2) is 10.6. The predicted octanol–water partition coefficient (Wildman–Crippen LogP) is 4.23. The fourth-order valence-corrected chi connectivity index (χ4v) is 2.54. The van der Waals surface area contributed by atoms with Crippen molar-refractivity contribution in [2.45, 2.75) is 26.3 Å². The highest BCUT2D eigenvalue weighted by Crippen LogP contribution is 2.17. The van der Waals surface area contributed by atoms with Crippen molar-refractivity contribution in [1.82, 2.24) is 4.90 Å². The molecule has 0 saturated carbocycles. The Hall–Kier alpha value is -3.46. The van der Waals surface area contributed by atoms with Crippen molar-refractivity contribution in [3.63, 3.8) is 0 Å². The molecule has 0 aliphatic heterocycles. The summed E-state index contributed by atoms with van der Waals surface area (Å²) in [6, 6.07) is 13.3. The fraction of sp³-hybridized carbons (Fsp3) is 0.273. The molecule has 2 rings (SSSR count). The summed E-state index contributed by atoms with van der Waals surface area (Å²) in [5, 5.41) is 11.9. The van der Waals surface area contributed by atoms with Crippen LogP contribution < -0.4 is 10.1 Å². The number of rotatable bonds is 9. The van der Waals surface area contributed by atoms with Gasteiger partial charge in [-0.1, -0.05) is 31.4 Å². The first kappa shape index (κ1) is 20.8. The zero-order chi connectivity index (χ0) is 20.4. The molecule has 2 N–H and O–H groups in total. The standard InChI is InChI=1S/C22H24N2O4/c1-3-5-14-24(16-17-6-8-18(9-7-17)21(25)26)22(27)23-19-10-12-20(13-11-19)28-15-4-2/h2,6-13H,3,5,14-16H2,1H3,(H,23,27)(H,25,26). The molecule has 2 aromatic carbocycles. The lowest BCUT2D eigenvalue weighted by molar-refractivity contribution is 0.0697. The predicted molar refractivity (Wildman–Crippen MR) is 109 cm³/mol. The maximum Gasteiger partial charge on any atom is 0.335 e. The third kappa shape index (κ3) is 6.36. The van der Waals surface area contributed by atoms with Crippen molar-refractivity contribution < 1.29 is 19.4 Å². The van der Waals surface area contributed by atoms with Crippen LogP contribution in [-0.4, -0.2) is 35.2 Å². The van der Waals surface area contributed by atoms with Crippen LogP contribution in [0.3, 0.4) is 0 Å². The van der Waals surface area contributed by atoms with Gasteiger partial charge in [0.1, 0.15) is 12.4 Å². The number of hydrogen-bond acceptors (Lipinski definition) is 3. The van der Waals surface area contributed by atoms with Gasteiger partial charge in [-0.2, -0.15) is 0 Å². The van der Waals surface area contributed by atoms with Crippen molar-refractivity contribution in [2.24, 2.45) is 0 Å². The molecular weight excluding hydrogens is 356 g/mol. The second-order valence-electron chi connectivity index (χ2n) is 6.22. The van der Waals surface area contributed by atoms with Crippen molar-refractivity contribution in [2.75, 3.05) is 18.5 Å². The number of aromatic carboxylic acids is 1. The minimum Gasteiger partial charge on any atom is -0.481 e. The molecule has 0 aliphatic carbocycles. The third-order valence-electron chi connectivity index (χ3n) is 4.07. The van der Waals surface area contributed by atoms with Crippen molar-refractivity contribution in [3.05, 3.63) is 59.7 Å². The van der Waals surface area contributed by atoms with Crippen LogP contribution in [0.25, 0.3) is 0 Å². The van der Waals surface area contributed by atoms with Crippen LogP contribution in [0.1, 0.15) is 35.7 Å². The molecule has 0 atom stereocenters. The summed E-state index contributed by atoms with van der Waals surface area (Å²) in [6.07, 6.45) is 7.00. The lowest BCUT2D eigenvalue weighted by Gasteiger charge is -2.23. The fourth-order valence-electron chi connectivity index (χ4n) is 2.54. The van der Waals surface area contributed by atoms with E-state index in [9.17, 15) is 9.59 Å². The average Bonchev–Trinajstić information content (AvgIpc) is 2.70. The Morgan fingerprint density at radius 1 is 1.14 bits per heavy atom. The summed E-state index contributed by atoms with van der Waals surface area (Å²) >= 11 is 0. The number of nitrogens with one attached hydrogen (secondary N) is 1. The number of nitrogens with zero attached hydrogens (tertiary/aromatic N) is 1. The number of benzene rings is 2. The molecule has 6 heteroatoms. The van der Waals surface area contributed by atoms with E-state index in [0.29, 0.717) is 24.5 Å². The summed E-state index contributed by atoms with van der Waals surface area (Å²) in [5.41, 5.74) is 1.75. The molecule has 0 saturated heterocycles. The van der Waals surface area contributed by atoms with E-state index in [0.717, 1.165) is 18.4 Å². The van der Waals surface area contributed by atoms with Crippen LogP contribution >= 0.6 is 0 Å². The number of urea groups is 1. The Balaban J connectivity index is 2.03. The molecular formula is C22H24N2O4. The molecule has 0 fully saturated rings. The van der Waals surface area contributed by atoms with Gasteiger partial charge in [-0.3, -0.25) is 0 Å². The minimum atomic E-state index is -0.971. The molecule has 0 aliphatic rings. The molecule has 0 heterocycles. The van der Waals surface area contributed by atoms with Gasteiger partial charge in [0.2, 0.25) is 0 Å². The Morgan fingerprint density at radius 3 is 2.39 bits per heavy atom. The van der Waals surface area contributed by atoms with Gasteiger partial charge in [-0.15, -0.1) is 6.42 Å². The zero-order valence-electron chi connectivity index (χ0n) is 15.9. The van der Waals surface area contributed by atoms with E-state index >= 15 is 0 Å². The van der Waals surface area contributed by atoms with E-state index in [2.05, 4.69) is 18.2 Å². The van der Waals surface area contributed by atoms with Gasteiger partial charge in [-0.05, 0) is 48.4 Å². The van der Waals surface area contributed by atoms with E-state index < -0.39 is 5.97 Å². The maximum absolute atomic E-state index is 12.7. The summed E-state index contributed by atoms with van der Waals surface area (Å²) in [7, 11) is 0. The molecule has 146 valence electrons. The monoisotopic (exact) mass is 380 g/mol. The highest BCUT2D eigenvalue weighted by atomic mass is 16.5. The number of anilines is 1. The van der Waals surface area contributed by atoms with Gasteiger partial charge < -0.3 is 20.1 Å². The van der Waals surface area contributed by atoms with Crippen molar-refractivity contribution in [1.29, 1.82) is 0 Å². The number of carboxylic acid groups (broad SMARTS) is 1.